The maximum absolute atomic E-state index is 5.16. The maximum atomic E-state index is 5.16. The Balaban J connectivity index is 2.46. The van der Waals surface area contributed by atoms with Gasteiger partial charge in [-0.05, 0) is 73.9 Å². The second kappa shape index (κ2) is 16.0. The van der Waals surface area contributed by atoms with Crippen LogP contribution in [0.4, 0.5) is 11.4 Å². The van der Waals surface area contributed by atoms with E-state index in [0.29, 0.717) is 0 Å². The molecule has 0 saturated heterocycles. The molecule has 0 amide bonds. The lowest BCUT2D eigenvalue weighted by molar-refractivity contribution is 0.742. The fourth-order valence-corrected chi connectivity index (χ4v) is 3.63. The van der Waals surface area contributed by atoms with Gasteiger partial charge in [-0.1, -0.05) is 95.5 Å². The summed E-state index contributed by atoms with van der Waals surface area (Å²) < 4.78 is 0. The molecule has 0 atom stereocenters. The normalized spacial score (nSPS) is 12.8. The third-order valence-electron chi connectivity index (χ3n) is 5.48. The van der Waals surface area contributed by atoms with Gasteiger partial charge >= 0.3 is 0 Å². The van der Waals surface area contributed by atoms with E-state index in [1.165, 1.54) is 24.0 Å². The number of unbranched alkanes of at least 4 members (excludes halogenated alkanes) is 3. The van der Waals surface area contributed by atoms with Crippen LogP contribution in [-0.4, -0.2) is 11.4 Å². The van der Waals surface area contributed by atoms with E-state index in [1.54, 1.807) is 0 Å². The molecule has 0 aliphatic carbocycles. The molecule has 0 spiro atoms. The number of allylic oxidation sites excluding steroid dienone is 2. The van der Waals surface area contributed by atoms with Crippen molar-refractivity contribution in [3.8, 4) is 0 Å². The SMILES string of the molecule is CCC=Cc1cccc(N=C(CCCC)C(CCCCC)=Nc2cccc(C=CCC)c2)c1. The molecule has 2 heteroatoms. The molecule has 0 unspecified atom stereocenters. The van der Waals surface area contributed by atoms with Crippen molar-refractivity contribution in [2.75, 3.05) is 0 Å². The number of benzene rings is 2. The molecule has 0 radical (unpaired) electrons. The van der Waals surface area contributed by atoms with Gasteiger partial charge in [0.05, 0.1) is 22.8 Å². The molecular formula is C31H42N2. The fourth-order valence-electron chi connectivity index (χ4n) is 3.63. The van der Waals surface area contributed by atoms with Crippen molar-refractivity contribution in [2.24, 2.45) is 9.98 Å². The van der Waals surface area contributed by atoms with Crippen LogP contribution in [0.3, 0.4) is 0 Å². The van der Waals surface area contributed by atoms with Gasteiger partial charge in [0.25, 0.3) is 0 Å². The van der Waals surface area contributed by atoms with Gasteiger partial charge in [0, 0.05) is 0 Å². The zero-order chi connectivity index (χ0) is 23.7. The molecule has 33 heavy (non-hydrogen) atoms. The van der Waals surface area contributed by atoms with Crippen molar-refractivity contribution in [2.45, 2.75) is 85.5 Å². The molecule has 2 aromatic rings. The van der Waals surface area contributed by atoms with Crippen molar-refractivity contribution in [3.05, 3.63) is 71.8 Å². The number of hydrogen-bond donors (Lipinski definition) is 0. The van der Waals surface area contributed by atoms with Gasteiger partial charge in [-0.2, -0.15) is 0 Å². The van der Waals surface area contributed by atoms with Crippen molar-refractivity contribution in [3.63, 3.8) is 0 Å². The van der Waals surface area contributed by atoms with Gasteiger partial charge in [0.15, 0.2) is 0 Å². The molecule has 2 rings (SSSR count). The highest BCUT2D eigenvalue weighted by atomic mass is 14.8. The van der Waals surface area contributed by atoms with Crippen LogP contribution in [0.1, 0.15) is 96.6 Å². The molecule has 0 heterocycles. The Labute approximate surface area is 202 Å². The molecule has 0 aliphatic heterocycles. The molecule has 2 nitrogen and oxygen atoms in total. The summed E-state index contributed by atoms with van der Waals surface area (Å²) in [4.78, 5) is 10.3. The van der Waals surface area contributed by atoms with Crippen molar-refractivity contribution in [1.82, 2.24) is 0 Å². The summed E-state index contributed by atoms with van der Waals surface area (Å²) in [6.45, 7) is 8.81. The quantitative estimate of drug-likeness (QED) is 0.205. The van der Waals surface area contributed by atoms with E-state index in [4.69, 9.17) is 9.98 Å². The highest BCUT2D eigenvalue weighted by Gasteiger charge is 2.11. The van der Waals surface area contributed by atoms with Crippen molar-refractivity contribution < 1.29 is 0 Å². The zero-order valence-corrected chi connectivity index (χ0v) is 21.2. The topological polar surface area (TPSA) is 24.7 Å². The molecule has 0 fully saturated rings. The van der Waals surface area contributed by atoms with Crippen LogP contribution in [0, 0.1) is 0 Å². The molecular weight excluding hydrogens is 400 g/mol. The molecule has 0 bridgehead atoms. The maximum Gasteiger partial charge on any atom is 0.0639 e. The zero-order valence-electron chi connectivity index (χ0n) is 21.2. The number of nitrogens with zero attached hydrogens (tertiary/aromatic N) is 2. The van der Waals surface area contributed by atoms with Gasteiger partial charge in [-0.25, -0.2) is 0 Å². The van der Waals surface area contributed by atoms with Gasteiger partial charge in [0.2, 0.25) is 0 Å². The average Bonchev–Trinajstić information content (AvgIpc) is 2.84. The van der Waals surface area contributed by atoms with Crippen molar-refractivity contribution >= 4 is 35.0 Å². The third kappa shape index (κ3) is 10.2. The van der Waals surface area contributed by atoms with Crippen LogP contribution < -0.4 is 0 Å². The second-order valence-electron chi connectivity index (χ2n) is 8.49. The first kappa shape index (κ1) is 26.5. The highest BCUT2D eigenvalue weighted by molar-refractivity contribution is 6.43. The summed E-state index contributed by atoms with van der Waals surface area (Å²) in [6, 6.07) is 17.1. The van der Waals surface area contributed by atoms with Gasteiger partial charge in [-0.15, -0.1) is 0 Å². The van der Waals surface area contributed by atoms with E-state index < -0.39 is 0 Å². The summed E-state index contributed by atoms with van der Waals surface area (Å²) in [5.74, 6) is 0. The Hall–Kier alpha value is -2.74. The molecule has 0 aliphatic rings. The lowest BCUT2D eigenvalue weighted by atomic mass is 10.0. The Bertz CT molecular complexity index is 947. The average molecular weight is 443 g/mol. The van der Waals surface area contributed by atoms with Gasteiger partial charge < -0.3 is 0 Å². The first-order valence-electron chi connectivity index (χ1n) is 12.9. The summed E-state index contributed by atoms with van der Waals surface area (Å²) in [5.41, 5.74) is 6.72. The Morgan fingerprint density at radius 2 is 1.12 bits per heavy atom. The molecule has 0 N–H and O–H groups in total. The monoisotopic (exact) mass is 442 g/mol. The second-order valence-corrected chi connectivity index (χ2v) is 8.49. The fraction of sp³-hybridized carbons (Fsp3) is 0.419. The lowest BCUT2D eigenvalue weighted by Crippen LogP contribution is -2.14. The predicted molar refractivity (Wildman–Crippen MR) is 149 cm³/mol. The van der Waals surface area contributed by atoms with E-state index in [0.717, 1.165) is 67.7 Å². The summed E-state index contributed by atoms with van der Waals surface area (Å²) in [5, 5.41) is 0. The van der Waals surface area contributed by atoms with E-state index in [1.807, 2.05) is 0 Å². The smallest absolute Gasteiger partial charge is 0.0639 e. The first-order chi connectivity index (χ1) is 16.2. The third-order valence-corrected chi connectivity index (χ3v) is 5.48. The van der Waals surface area contributed by atoms with Gasteiger partial charge in [-0.3, -0.25) is 9.98 Å². The number of rotatable bonds is 14. The van der Waals surface area contributed by atoms with Crippen LogP contribution in [0.15, 0.2) is 70.7 Å². The molecule has 176 valence electrons. The number of hydrogen-bond acceptors (Lipinski definition) is 2. The lowest BCUT2D eigenvalue weighted by Gasteiger charge is -2.12. The van der Waals surface area contributed by atoms with E-state index in [2.05, 4.69) is 101 Å². The predicted octanol–water partition coefficient (Wildman–Crippen LogP) is 10.1. The van der Waals surface area contributed by atoms with Crippen LogP contribution in [0.2, 0.25) is 0 Å². The van der Waals surface area contributed by atoms with E-state index in [9.17, 15) is 0 Å². The molecule has 0 aromatic heterocycles. The first-order valence-corrected chi connectivity index (χ1v) is 12.9. The summed E-state index contributed by atoms with van der Waals surface area (Å²) in [6.07, 6.45) is 18.6. The van der Waals surface area contributed by atoms with E-state index >= 15 is 0 Å². The Morgan fingerprint density at radius 1 is 0.636 bits per heavy atom. The summed E-state index contributed by atoms with van der Waals surface area (Å²) >= 11 is 0. The largest absolute Gasteiger partial charge is 0.252 e. The minimum absolute atomic E-state index is 0.964. The molecule has 2 aromatic carbocycles. The van der Waals surface area contributed by atoms with Crippen molar-refractivity contribution in [1.29, 1.82) is 0 Å². The Kier molecular flexibility index (Phi) is 12.8. The van der Waals surface area contributed by atoms with Crippen LogP contribution in [-0.2, 0) is 0 Å². The van der Waals surface area contributed by atoms with E-state index in [-0.39, 0.29) is 0 Å². The van der Waals surface area contributed by atoms with Crippen LogP contribution in [0.5, 0.6) is 0 Å². The van der Waals surface area contributed by atoms with Gasteiger partial charge in [0.1, 0.15) is 0 Å². The molecule has 0 saturated carbocycles. The Morgan fingerprint density at radius 3 is 1.58 bits per heavy atom. The van der Waals surface area contributed by atoms with Crippen LogP contribution in [0.25, 0.3) is 12.2 Å². The minimum atomic E-state index is 0.964. The highest BCUT2D eigenvalue weighted by Crippen LogP contribution is 2.22. The summed E-state index contributed by atoms with van der Waals surface area (Å²) in [7, 11) is 0. The standard InChI is InChI=1S/C31H42N2/c1-5-9-13-23-31(33-29-21-15-19-27(25-29)17-11-7-3)30(22-12-8-4)32-28-20-14-18-26(24-28)16-10-6-2/h10-11,14-21,24-25H,5-9,12-13,22-23H2,1-4H3. The minimum Gasteiger partial charge on any atom is -0.252 e. The van der Waals surface area contributed by atoms with Crippen LogP contribution >= 0.6 is 0 Å². The number of aliphatic imine (C=N–C) groups is 2.